The van der Waals surface area contributed by atoms with Gasteiger partial charge in [0.15, 0.2) is 0 Å². The summed E-state index contributed by atoms with van der Waals surface area (Å²) in [5, 5.41) is 7.08. The summed E-state index contributed by atoms with van der Waals surface area (Å²) in [5.41, 5.74) is 7.51. The molecule has 0 aliphatic carbocycles. The average Bonchev–Trinajstić information content (AvgIpc) is 3.29. The fourth-order valence-electron chi connectivity index (χ4n) is 2.97. The summed E-state index contributed by atoms with van der Waals surface area (Å²) in [4.78, 5) is 24.0. The molecule has 1 aliphatic rings. The van der Waals surface area contributed by atoms with Crippen LogP contribution in [0.25, 0.3) is 5.69 Å². The lowest BCUT2D eigenvalue weighted by Crippen LogP contribution is -2.23. The highest BCUT2D eigenvalue weighted by molar-refractivity contribution is 5.98. The molecule has 1 aromatic heterocycles. The number of hydrogen-bond donors (Lipinski definition) is 2. The number of hydrogen-bond acceptors (Lipinski definition) is 4. The molecule has 0 saturated carbocycles. The van der Waals surface area contributed by atoms with Crippen LogP contribution in [0.5, 0.6) is 5.75 Å². The molecule has 2 aromatic carbocycles. The van der Waals surface area contributed by atoms with Crippen LogP contribution in [0.1, 0.15) is 22.0 Å². The predicted octanol–water partition coefficient (Wildman–Crippen LogP) is 2.09. The average molecular weight is 348 g/mol. The van der Waals surface area contributed by atoms with E-state index in [2.05, 4.69) is 10.4 Å². The minimum atomic E-state index is -0.607. The lowest BCUT2D eigenvalue weighted by Gasteiger charge is -2.14. The second-order valence-corrected chi connectivity index (χ2v) is 5.92. The molecule has 0 unspecified atom stereocenters. The number of amides is 2. The van der Waals surface area contributed by atoms with Gasteiger partial charge in [-0.15, -0.1) is 0 Å². The van der Waals surface area contributed by atoms with Crippen molar-refractivity contribution in [1.29, 1.82) is 0 Å². The zero-order chi connectivity index (χ0) is 18.1. The lowest BCUT2D eigenvalue weighted by atomic mass is 10.0. The molecule has 4 rings (SSSR count). The number of nitrogens with one attached hydrogen (secondary N) is 1. The summed E-state index contributed by atoms with van der Waals surface area (Å²) in [6.45, 7) is 0.306. The van der Waals surface area contributed by atoms with Crippen molar-refractivity contribution in [2.75, 3.05) is 11.9 Å². The zero-order valence-corrected chi connectivity index (χ0v) is 13.8. The highest BCUT2D eigenvalue weighted by Crippen LogP contribution is 2.34. The molecule has 0 bridgehead atoms. The number of nitrogens with zero attached hydrogens (tertiary/aromatic N) is 2. The van der Waals surface area contributed by atoms with E-state index in [0.29, 0.717) is 18.0 Å². The van der Waals surface area contributed by atoms with Gasteiger partial charge in [0, 0.05) is 11.8 Å². The fraction of sp³-hybridized carbons (Fsp3) is 0.105. The highest BCUT2D eigenvalue weighted by Gasteiger charge is 2.30. The highest BCUT2D eigenvalue weighted by atomic mass is 16.5. The minimum Gasteiger partial charge on any atom is -0.492 e. The SMILES string of the molecule is NC(=O)c1ccn(-c2ccccc2NC(=O)[C@@H]2COc3ccccc32)n1. The first-order valence-electron chi connectivity index (χ1n) is 8.11. The van der Waals surface area contributed by atoms with Gasteiger partial charge in [-0.3, -0.25) is 9.59 Å². The molecule has 0 spiro atoms. The van der Waals surface area contributed by atoms with Gasteiger partial charge >= 0.3 is 0 Å². The third-order valence-electron chi connectivity index (χ3n) is 4.27. The largest absolute Gasteiger partial charge is 0.492 e. The molecule has 3 N–H and O–H groups in total. The van der Waals surface area contributed by atoms with Crippen molar-refractivity contribution in [2.45, 2.75) is 5.92 Å². The standard InChI is InChI=1S/C19H16N4O3/c20-18(24)15-9-10-23(22-15)16-7-3-2-6-14(16)21-19(25)13-11-26-17-8-4-1-5-12(13)17/h1-10,13H,11H2,(H2,20,24)(H,21,25)/t13-/m1/s1. The monoisotopic (exact) mass is 348 g/mol. The van der Waals surface area contributed by atoms with Crippen molar-refractivity contribution < 1.29 is 14.3 Å². The first-order valence-corrected chi connectivity index (χ1v) is 8.11. The van der Waals surface area contributed by atoms with Gasteiger partial charge in [-0.25, -0.2) is 4.68 Å². The second-order valence-electron chi connectivity index (χ2n) is 5.92. The number of aromatic nitrogens is 2. The minimum absolute atomic E-state index is 0.157. The summed E-state index contributed by atoms with van der Waals surface area (Å²) in [7, 11) is 0. The maximum atomic E-state index is 12.8. The molecule has 3 aromatic rings. The van der Waals surface area contributed by atoms with E-state index in [0.717, 1.165) is 11.3 Å². The molecule has 26 heavy (non-hydrogen) atoms. The maximum absolute atomic E-state index is 12.8. The molecule has 0 saturated heterocycles. The molecular weight excluding hydrogens is 332 g/mol. The first kappa shape index (κ1) is 15.9. The van der Waals surface area contributed by atoms with E-state index in [1.54, 1.807) is 18.3 Å². The summed E-state index contributed by atoms with van der Waals surface area (Å²) >= 11 is 0. The lowest BCUT2D eigenvalue weighted by molar-refractivity contribution is -0.117. The molecular formula is C19H16N4O3. The number of fused-ring (bicyclic) bond motifs is 1. The quantitative estimate of drug-likeness (QED) is 0.754. The Morgan fingerprint density at radius 2 is 1.88 bits per heavy atom. The Kier molecular flexibility index (Phi) is 3.89. The maximum Gasteiger partial charge on any atom is 0.269 e. The van der Waals surface area contributed by atoms with Gasteiger partial charge in [-0.2, -0.15) is 5.10 Å². The molecule has 2 amide bonds. The van der Waals surface area contributed by atoms with E-state index < -0.39 is 5.91 Å². The number of ether oxygens (including phenoxy) is 1. The fourth-order valence-corrected chi connectivity index (χ4v) is 2.97. The van der Waals surface area contributed by atoms with Crippen LogP contribution in [0.4, 0.5) is 5.69 Å². The molecule has 7 nitrogen and oxygen atoms in total. The first-order chi connectivity index (χ1) is 12.6. The van der Waals surface area contributed by atoms with Crippen LogP contribution in [-0.4, -0.2) is 28.2 Å². The van der Waals surface area contributed by atoms with E-state index in [4.69, 9.17) is 10.5 Å². The number of primary amides is 1. The van der Waals surface area contributed by atoms with Crippen LogP contribution in [0.15, 0.2) is 60.8 Å². The van der Waals surface area contributed by atoms with Crippen LogP contribution in [-0.2, 0) is 4.79 Å². The Balaban J connectivity index is 1.61. The molecule has 0 radical (unpaired) electrons. The number of benzene rings is 2. The summed E-state index contributed by atoms with van der Waals surface area (Å²) in [6.07, 6.45) is 1.62. The molecule has 0 fully saturated rings. The summed E-state index contributed by atoms with van der Waals surface area (Å²) in [6, 6.07) is 16.3. The van der Waals surface area contributed by atoms with Crippen LogP contribution >= 0.6 is 0 Å². The third-order valence-corrected chi connectivity index (χ3v) is 4.27. The van der Waals surface area contributed by atoms with Gasteiger partial charge in [0.05, 0.1) is 11.4 Å². The molecule has 1 atom stereocenters. The smallest absolute Gasteiger partial charge is 0.269 e. The van der Waals surface area contributed by atoms with Crippen molar-refractivity contribution in [2.24, 2.45) is 5.73 Å². The summed E-state index contributed by atoms with van der Waals surface area (Å²) < 4.78 is 7.09. The van der Waals surface area contributed by atoms with Crippen LogP contribution in [0.2, 0.25) is 0 Å². The third kappa shape index (κ3) is 2.79. The number of para-hydroxylation sites is 3. The van der Waals surface area contributed by atoms with E-state index in [-0.39, 0.29) is 17.5 Å². The number of nitrogens with two attached hydrogens (primary N) is 1. The second kappa shape index (κ2) is 6.36. The molecule has 130 valence electrons. The Bertz CT molecular complexity index is 996. The zero-order valence-electron chi connectivity index (χ0n) is 13.8. The van der Waals surface area contributed by atoms with Crippen LogP contribution in [0, 0.1) is 0 Å². The van der Waals surface area contributed by atoms with Gasteiger partial charge in [0.1, 0.15) is 24.0 Å². The van der Waals surface area contributed by atoms with Crippen molar-refractivity contribution in [3.63, 3.8) is 0 Å². The van der Waals surface area contributed by atoms with Crippen molar-refractivity contribution in [3.05, 3.63) is 72.1 Å². The van der Waals surface area contributed by atoms with E-state index >= 15 is 0 Å². The summed E-state index contributed by atoms with van der Waals surface area (Å²) in [5.74, 6) is -0.410. The van der Waals surface area contributed by atoms with E-state index in [1.165, 1.54) is 10.7 Å². The van der Waals surface area contributed by atoms with Crippen molar-refractivity contribution in [3.8, 4) is 11.4 Å². The topological polar surface area (TPSA) is 99.2 Å². The number of rotatable bonds is 4. The molecule has 2 heterocycles. The van der Waals surface area contributed by atoms with Crippen LogP contribution < -0.4 is 15.8 Å². The Morgan fingerprint density at radius 1 is 1.12 bits per heavy atom. The van der Waals surface area contributed by atoms with Crippen molar-refractivity contribution in [1.82, 2.24) is 9.78 Å². The van der Waals surface area contributed by atoms with Gasteiger partial charge in [-0.1, -0.05) is 30.3 Å². The number of carbonyl (C=O) groups is 2. The van der Waals surface area contributed by atoms with Crippen LogP contribution in [0.3, 0.4) is 0 Å². The normalized spacial score (nSPS) is 15.2. The van der Waals surface area contributed by atoms with Gasteiger partial charge in [0.2, 0.25) is 5.91 Å². The Labute approximate surface area is 149 Å². The van der Waals surface area contributed by atoms with Gasteiger partial charge < -0.3 is 15.8 Å². The molecule has 1 aliphatic heterocycles. The van der Waals surface area contributed by atoms with E-state index in [1.807, 2.05) is 36.4 Å². The van der Waals surface area contributed by atoms with Gasteiger partial charge in [-0.05, 0) is 24.3 Å². The number of anilines is 1. The predicted molar refractivity (Wildman–Crippen MR) is 95.4 cm³/mol. The molecule has 7 heteroatoms. The van der Waals surface area contributed by atoms with E-state index in [9.17, 15) is 9.59 Å². The van der Waals surface area contributed by atoms with Crippen molar-refractivity contribution >= 4 is 17.5 Å². The Hall–Kier alpha value is -3.61. The Morgan fingerprint density at radius 3 is 2.69 bits per heavy atom. The number of carbonyl (C=O) groups excluding carboxylic acids is 2. The van der Waals surface area contributed by atoms with Gasteiger partial charge in [0.25, 0.3) is 5.91 Å².